The van der Waals surface area contributed by atoms with Gasteiger partial charge in [-0.25, -0.2) is 4.98 Å². The summed E-state index contributed by atoms with van der Waals surface area (Å²) in [4.78, 5) is 21.6. The number of hydrogen-bond acceptors (Lipinski definition) is 6. The zero-order valence-electron chi connectivity index (χ0n) is 12.0. The predicted octanol–water partition coefficient (Wildman–Crippen LogP) is 0.101. The van der Waals surface area contributed by atoms with Crippen molar-refractivity contribution < 1.29 is 9.90 Å². The van der Waals surface area contributed by atoms with Gasteiger partial charge in [-0.2, -0.15) is 0 Å². The minimum atomic E-state index is 0.118. The van der Waals surface area contributed by atoms with E-state index >= 15 is 0 Å². The molecule has 0 radical (unpaired) electrons. The number of amides is 1. The Hall–Kier alpha value is -1.18. The van der Waals surface area contributed by atoms with Gasteiger partial charge in [0.2, 0.25) is 5.91 Å². The van der Waals surface area contributed by atoms with Crippen LogP contribution in [0.15, 0.2) is 0 Å². The number of nitrogen functional groups attached to an aromatic ring is 1. The van der Waals surface area contributed by atoms with E-state index in [0.29, 0.717) is 24.5 Å². The topological polar surface area (TPSA) is 82.7 Å². The summed E-state index contributed by atoms with van der Waals surface area (Å²) < 4.78 is 0. The van der Waals surface area contributed by atoms with Crippen molar-refractivity contribution in [1.82, 2.24) is 14.8 Å². The fourth-order valence-electron chi connectivity index (χ4n) is 2.50. The van der Waals surface area contributed by atoms with Gasteiger partial charge in [-0.3, -0.25) is 9.69 Å². The fraction of sp³-hybridized carbons (Fsp3) is 0.692. The van der Waals surface area contributed by atoms with Crippen LogP contribution in [0.2, 0.25) is 0 Å². The van der Waals surface area contributed by atoms with Crippen molar-refractivity contribution in [2.75, 3.05) is 39.0 Å². The smallest absolute Gasteiger partial charge is 0.227 e. The molecule has 1 aromatic rings. The van der Waals surface area contributed by atoms with Crippen LogP contribution in [0, 0.1) is 6.92 Å². The van der Waals surface area contributed by atoms with Crippen molar-refractivity contribution in [1.29, 1.82) is 0 Å². The van der Waals surface area contributed by atoms with Gasteiger partial charge in [0.15, 0.2) is 5.13 Å². The van der Waals surface area contributed by atoms with E-state index in [-0.39, 0.29) is 18.6 Å². The Labute approximate surface area is 123 Å². The van der Waals surface area contributed by atoms with E-state index in [1.54, 1.807) is 0 Å². The summed E-state index contributed by atoms with van der Waals surface area (Å²) in [6.45, 7) is 4.31. The molecule has 0 saturated carbocycles. The number of anilines is 1. The Kier molecular flexibility index (Phi) is 4.95. The van der Waals surface area contributed by atoms with Gasteiger partial charge in [0.1, 0.15) is 0 Å². The summed E-state index contributed by atoms with van der Waals surface area (Å²) in [6, 6.07) is 0.241. The van der Waals surface area contributed by atoms with Crippen molar-refractivity contribution in [2.24, 2.45) is 0 Å². The molecule has 1 saturated heterocycles. The van der Waals surface area contributed by atoms with Crippen LogP contribution < -0.4 is 5.73 Å². The van der Waals surface area contributed by atoms with Crippen LogP contribution >= 0.6 is 11.3 Å². The molecular formula is C13H22N4O2S. The first-order valence-corrected chi connectivity index (χ1v) is 7.63. The number of nitrogens with zero attached hydrogens (tertiary/aromatic N) is 3. The zero-order chi connectivity index (χ0) is 14.7. The quantitative estimate of drug-likeness (QED) is 0.824. The van der Waals surface area contributed by atoms with Gasteiger partial charge in [-0.05, 0) is 20.4 Å². The summed E-state index contributed by atoms with van der Waals surface area (Å²) in [7, 11) is 2.04. The molecule has 3 N–H and O–H groups in total. The van der Waals surface area contributed by atoms with Gasteiger partial charge in [0.25, 0.3) is 0 Å². The normalized spacial score (nSPS) is 20.4. The Morgan fingerprint density at radius 3 is 2.90 bits per heavy atom. The highest BCUT2D eigenvalue weighted by Crippen LogP contribution is 2.21. The maximum Gasteiger partial charge on any atom is 0.227 e. The first kappa shape index (κ1) is 15.2. The van der Waals surface area contributed by atoms with E-state index in [4.69, 9.17) is 10.8 Å². The molecule has 0 unspecified atom stereocenters. The molecule has 20 heavy (non-hydrogen) atoms. The number of aliphatic hydroxyl groups is 1. The Balaban J connectivity index is 1.97. The van der Waals surface area contributed by atoms with E-state index in [0.717, 1.165) is 23.7 Å². The molecule has 0 bridgehead atoms. The molecule has 1 amide bonds. The average Bonchev–Trinajstić information content (AvgIpc) is 2.70. The lowest BCUT2D eigenvalue weighted by molar-refractivity contribution is -0.133. The summed E-state index contributed by atoms with van der Waals surface area (Å²) in [5.74, 6) is 0.118. The van der Waals surface area contributed by atoms with Gasteiger partial charge >= 0.3 is 0 Å². The highest BCUT2D eigenvalue weighted by atomic mass is 32.1. The van der Waals surface area contributed by atoms with Crippen LogP contribution in [0.5, 0.6) is 0 Å². The maximum atomic E-state index is 12.4. The maximum absolute atomic E-state index is 12.4. The minimum absolute atomic E-state index is 0.118. The molecule has 0 spiro atoms. The van der Waals surface area contributed by atoms with Crippen molar-refractivity contribution >= 4 is 22.4 Å². The molecule has 1 aliphatic rings. The van der Waals surface area contributed by atoms with Crippen LogP contribution in [-0.2, 0) is 11.2 Å². The molecule has 7 heteroatoms. The summed E-state index contributed by atoms with van der Waals surface area (Å²) in [5, 5.41) is 9.60. The number of nitrogens with two attached hydrogens (primary N) is 1. The monoisotopic (exact) mass is 298 g/mol. The highest BCUT2D eigenvalue weighted by molar-refractivity contribution is 7.15. The lowest BCUT2D eigenvalue weighted by Gasteiger charge is -2.39. The van der Waals surface area contributed by atoms with Gasteiger partial charge in [-0.1, -0.05) is 0 Å². The van der Waals surface area contributed by atoms with Crippen LogP contribution in [0.4, 0.5) is 5.13 Å². The van der Waals surface area contributed by atoms with Gasteiger partial charge in [-0.15, -0.1) is 11.3 Å². The van der Waals surface area contributed by atoms with Crippen LogP contribution in [0.3, 0.4) is 0 Å². The number of aliphatic hydroxyl groups excluding tert-OH is 1. The third-order valence-corrected chi connectivity index (χ3v) is 4.80. The molecule has 0 aliphatic carbocycles. The molecule has 2 rings (SSSR count). The largest absolute Gasteiger partial charge is 0.396 e. The summed E-state index contributed by atoms with van der Waals surface area (Å²) in [5.41, 5.74) is 6.51. The molecule has 0 aromatic carbocycles. The number of aromatic nitrogens is 1. The number of carbonyl (C=O) groups is 1. The second-order valence-corrected chi connectivity index (χ2v) is 6.34. The predicted molar refractivity (Wildman–Crippen MR) is 79.7 cm³/mol. The van der Waals surface area contributed by atoms with Crippen molar-refractivity contribution in [2.45, 2.75) is 25.8 Å². The second kappa shape index (κ2) is 6.51. The van der Waals surface area contributed by atoms with Crippen LogP contribution in [-0.4, -0.2) is 65.1 Å². The Bertz CT molecular complexity index is 477. The molecular weight excluding hydrogens is 276 g/mol. The number of likely N-dealkylation sites (N-methyl/N-ethyl adjacent to an activating group) is 1. The van der Waals surface area contributed by atoms with E-state index < -0.39 is 0 Å². The molecule has 2 heterocycles. The van der Waals surface area contributed by atoms with E-state index in [1.807, 2.05) is 18.9 Å². The van der Waals surface area contributed by atoms with Gasteiger partial charge < -0.3 is 15.7 Å². The molecule has 1 atom stereocenters. The third kappa shape index (κ3) is 3.47. The second-order valence-electron chi connectivity index (χ2n) is 5.22. The standard InChI is InChI=1S/C13H22N4O2S/c1-9-11(20-13(14)15-9)7-12(19)17-5-4-16(2)10(8-17)3-6-18/h10,18H,3-8H2,1-2H3,(H2,14,15)/t10-/m0/s1. The van der Waals surface area contributed by atoms with Gasteiger partial charge in [0.05, 0.1) is 12.1 Å². The third-order valence-electron chi connectivity index (χ3n) is 3.81. The zero-order valence-corrected chi connectivity index (χ0v) is 12.8. The fourth-order valence-corrected chi connectivity index (χ4v) is 3.32. The first-order valence-electron chi connectivity index (χ1n) is 6.82. The molecule has 1 fully saturated rings. The Morgan fingerprint density at radius 2 is 2.30 bits per heavy atom. The van der Waals surface area contributed by atoms with Crippen molar-refractivity contribution in [3.63, 3.8) is 0 Å². The SMILES string of the molecule is Cc1nc(N)sc1CC(=O)N1CCN(C)[C@@H](CCO)C1. The van der Waals surface area contributed by atoms with E-state index in [2.05, 4.69) is 9.88 Å². The van der Waals surface area contributed by atoms with E-state index in [1.165, 1.54) is 11.3 Å². The van der Waals surface area contributed by atoms with Crippen LogP contribution in [0.1, 0.15) is 17.0 Å². The number of rotatable bonds is 4. The molecule has 6 nitrogen and oxygen atoms in total. The lowest BCUT2D eigenvalue weighted by Crippen LogP contribution is -2.53. The summed E-state index contributed by atoms with van der Waals surface area (Å²) in [6.07, 6.45) is 1.07. The molecule has 112 valence electrons. The summed E-state index contributed by atoms with van der Waals surface area (Å²) >= 11 is 1.39. The number of thiazole rings is 1. The Morgan fingerprint density at radius 1 is 1.55 bits per heavy atom. The first-order chi connectivity index (χ1) is 9.51. The minimum Gasteiger partial charge on any atom is -0.396 e. The molecule has 1 aliphatic heterocycles. The number of aryl methyl sites for hydroxylation is 1. The highest BCUT2D eigenvalue weighted by Gasteiger charge is 2.27. The van der Waals surface area contributed by atoms with Gasteiger partial charge in [0, 0.05) is 37.2 Å². The number of carbonyl (C=O) groups excluding carboxylic acids is 1. The molecule has 1 aromatic heterocycles. The number of piperazine rings is 1. The van der Waals surface area contributed by atoms with Crippen molar-refractivity contribution in [3.8, 4) is 0 Å². The number of hydrogen-bond donors (Lipinski definition) is 2. The lowest BCUT2D eigenvalue weighted by atomic mass is 10.1. The average molecular weight is 298 g/mol. The van der Waals surface area contributed by atoms with E-state index in [9.17, 15) is 4.79 Å². The van der Waals surface area contributed by atoms with Crippen LogP contribution in [0.25, 0.3) is 0 Å². The van der Waals surface area contributed by atoms with Crippen molar-refractivity contribution in [3.05, 3.63) is 10.6 Å².